The number of halogens is 2. The molecule has 2 rings (SSSR count). The topological polar surface area (TPSA) is 15.3 Å². The Morgan fingerprint density at radius 2 is 2.16 bits per heavy atom. The molecule has 2 nitrogen and oxygen atoms in total. The van der Waals surface area contributed by atoms with Gasteiger partial charge in [0, 0.05) is 42.8 Å². The van der Waals surface area contributed by atoms with Crippen LogP contribution in [0.1, 0.15) is 23.6 Å². The molecule has 0 spiro atoms. The number of hydrogen-bond acceptors (Lipinski definition) is 2. The lowest BCUT2D eigenvalue weighted by Gasteiger charge is -2.35. The maximum absolute atomic E-state index is 14.4. The van der Waals surface area contributed by atoms with Crippen LogP contribution in [0.5, 0.6) is 0 Å². The normalized spacial score (nSPS) is 18.3. The van der Waals surface area contributed by atoms with Crippen molar-refractivity contribution in [2.45, 2.75) is 19.4 Å². The Morgan fingerprint density at radius 1 is 1.47 bits per heavy atom. The Balaban J connectivity index is 2.37. The zero-order valence-electron chi connectivity index (χ0n) is 11.3. The van der Waals surface area contributed by atoms with Crippen LogP contribution in [-0.2, 0) is 0 Å². The Kier molecular flexibility index (Phi) is 4.97. The highest BCUT2D eigenvalue weighted by Gasteiger charge is 2.26. The summed E-state index contributed by atoms with van der Waals surface area (Å²) in [5.41, 5.74) is 1.26. The minimum absolute atomic E-state index is 0.0213. The minimum atomic E-state index is -0.183. The molecule has 0 saturated carbocycles. The maximum Gasteiger partial charge on any atom is 0.132 e. The number of rotatable bonds is 4. The molecule has 1 aliphatic heterocycles. The Morgan fingerprint density at radius 3 is 2.79 bits per heavy atom. The predicted molar refractivity (Wildman–Crippen MR) is 78.1 cm³/mol. The average Bonchev–Trinajstić information content (AvgIpc) is 2.43. The van der Waals surface area contributed by atoms with Gasteiger partial charge in [-0.15, -0.1) is 6.58 Å². The van der Waals surface area contributed by atoms with Gasteiger partial charge in [0.05, 0.1) is 0 Å². The van der Waals surface area contributed by atoms with Crippen molar-refractivity contribution in [2.24, 2.45) is 0 Å². The Labute approximate surface area is 119 Å². The second-order valence-electron chi connectivity index (χ2n) is 4.92. The van der Waals surface area contributed by atoms with Crippen LogP contribution in [0.3, 0.4) is 0 Å². The van der Waals surface area contributed by atoms with E-state index in [2.05, 4.69) is 16.8 Å². The highest BCUT2D eigenvalue weighted by molar-refractivity contribution is 6.31. The molecule has 1 fully saturated rings. The summed E-state index contributed by atoms with van der Waals surface area (Å²) in [6.45, 7) is 9.24. The molecule has 19 heavy (non-hydrogen) atoms. The Bertz CT molecular complexity index is 456. The molecule has 0 bridgehead atoms. The number of piperazine rings is 1. The highest BCUT2D eigenvalue weighted by Crippen LogP contribution is 2.34. The summed E-state index contributed by atoms with van der Waals surface area (Å²) in [6.07, 6.45) is 2.55. The van der Waals surface area contributed by atoms with Gasteiger partial charge in [-0.25, -0.2) is 4.39 Å². The van der Waals surface area contributed by atoms with Gasteiger partial charge in [-0.3, -0.25) is 4.90 Å². The second-order valence-corrected chi connectivity index (χ2v) is 5.33. The van der Waals surface area contributed by atoms with Crippen LogP contribution in [0.15, 0.2) is 24.8 Å². The first-order chi connectivity index (χ1) is 9.15. The number of benzene rings is 1. The van der Waals surface area contributed by atoms with Gasteiger partial charge >= 0.3 is 0 Å². The Hall–Kier alpha value is -0.900. The van der Waals surface area contributed by atoms with E-state index in [4.69, 9.17) is 11.6 Å². The molecule has 1 N–H and O–H groups in total. The molecule has 1 aromatic carbocycles. The summed E-state index contributed by atoms with van der Waals surface area (Å²) in [4.78, 5) is 2.28. The van der Waals surface area contributed by atoms with E-state index in [1.165, 1.54) is 0 Å². The molecule has 0 aliphatic carbocycles. The number of hydrogen-bond donors (Lipinski definition) is 1. The number of aryl methyl sites for hydroxylation is 1. The van der Waals surface area contributed by atoms with Crippen LogP contribution in [0.25, 0.3) is 0 Å². The molecule has 104 valence electrons. The van der Waals surface area contributed by atoms with E-state index in [-0.39, 0.29) is 11.9 Å². The average molecular weight is 283 g/mol. The standard InChI is InChI=1S/C15H20ClFN2/c1-3-4-13(19-9-7-18-8-10-19)14-12(16)6-5-11(2)15(14)17/h3,5-6,13,18H,1,4,7-10H2,2H3/t13-/m0/s1. The van der Waals surface area contributed by atoms with Gasteiger partial charge in [-0.05, 0) is 25.0 Å². The van der Waals surface area contributed by atoms with Crippen LogP contribution in [0.4, 0.5) is 4.39 Å². The van der Waals surface area contributed by atoms with E-state index < -0.39 is 0 Å². The molecule has 0 aromatic heterocycles. The molecular formula is C15H20ClFN2. The lowest BCUT2D eigenvalue weighted by atomic mass is 9.98. The first-order valence-electron chi connectivity index (χ1n) is 6.65. The van der Waals surface area contributed by atoms with Gasteiger partial charge in [0.15, 0.2) is 0 Å². The van der Waals surface area contributed by atoms with Crippen LogP contribution in [0.2, 0.25) is 5.02 Å². The van der Waals surface area contributed by atoms with Gasteiger partial charge in [0.1, 0.15) is 5.82 Å². The fraction of sp³-hybridized carbons (Fsp3) is 0.467. The molecule has 1 aliphatic rings. The highest BCUT2D eigenvalue weighted by atomic mass is 35.5. The van der Waals surface area contributed by atoms with E-state index in [0.29, 0.717) is 22.6 Å². The third-order valence-corrected chi connectivity index (χ3v) is 3.96. The van der Waals surface area contributed by atoms with Crippen molar-refractivity contribution in [1.82, 2.24) is 10.2 Å². The van der Waals surface area contributed by atoms with E-state index in [9.17, 15) is 4.39 Å². The molecule has 0 unspecified atom stereocenters. The fourth-order valence-electron chi connectivity index (χ4n) is 2.58. The second kappa shape index (κ2) is 6.51. The van der Waals surface area contributed by atoms with Gasteiger partial charge in [-0.1, -0.05) is 23.7 Å². The van der Waals surface area contributed by atoms with Gasteiger partial charge < -0.3 is 5.32 Å². The van der Waals surface area contributed by atoms with Crippen molar-refractivity contribution in [3.8, 4) is 0 Å². The van der Waals surface area contributed by atoms with Gasteiger partial charge in [0.2, 0.25) is 0 Å². The zero-order chi connectivity index (χ0) is 13.8. The van der Waals surface area contributed by atoms with E-state index >= 15 is 0 Å². The zero-order valence-corrected chi connectivity index (χ0v) is 12.0. The molecule has 1 heterocycles. The summed E-state index contributed by atoms with van der Waals surface area (Å²) < 4.78 is 14.4. The summed E-state index contributed by atoms with van der Waals surface area (Å²) in [7, 11) is 0. The molecule has 1 atom stereocenters. The lowest BCUT2D eigenvalue weighted by Crippen LogP contribution is -2.45. The van der Waals surface area contributed by atoms with Crippen molar-refractivity contribution >= 4 is 11.6 Å². The summed E-state index contributed by atoms with van der Waals surface area (Å²) in [5.74, 6) is -0.183. The van der Waals surface area contributed by atoms with Gasteiger partial charge in [-0.2, -0.15) is 0 Å². The first kappa shape index (κ1) is 14.5. The van der Waals surface area contributed by atoms with E-state index in [1.807, 2.05) is 6.08 Å². The summed E-state index contributed by atoms with van der Waals surface area (Å²) >= 11 is 6.23. The largest absolute Gasteiger partial charge is 0.314 e. The van der Waals surface area contributed by atoms with Crippen LogP contribution < -0.4 is 5.32 Å². The third kappa shape index (κ3) is 3.16. The first-order valence-corrected chi connectivity index (χ1v) is 7.03. The van der Waals surface area contributed by atoms with Crippen molar-refractivity contribution in [3.05, 3.63) is 46.8 Å². The minimum Gasteiger partial charge on any atom is -0.314 e. The van der Waals surface area contributed by atoms with Crippen molar-refractivity contribution in [2.75, 3.05) is 26.2 Å². The summed E-state index contributed by atoms with van der Waals surface area (Å²) in [5, 5.41) is 3.82. The molecule has 1 aromatic rings. The predicted octanol–water partition coefficient (Wildman–Crippen LogP) is 3.31. The quantitative estimate of drug-likeness (QED) is 0.853. The maximum atomic E-state index is 14.4. The van der Waals surface area contributed by atoms with Crippen molar-refractivity contribution < 1.29 is 4.39 Å². The van der Waals surface area contributed by atoms with Crippen LogP contribution >= 0.6 is 11.6 Å². The molecule has 0 radical (unpaired) electrons. The number of nitrogens with zero attached hydrogens (tertiary/aromatic N) is 1. The third-order valence-electron chi connectivity index (χ3n) is 3.64. The smallest absolute Gasteiger partial charge is 0.132 e. The SMILES string of the molecule is C=CC[C@@H](c1c(Cl)ccc(C)c1F)N1CCNCC1. The van der Waals surface area contributed by atoms with E-state index in [0.717, 1.165) is 26.2 Å². The molecule has 4 heteroatoms. The monoisotopic (exact) mass is 282 g/mol. The molecule has 0 amide bonds. The van der Waals surface area contributed by atoms with Crippen LogP contribution in [0, 0.1) is 12.7 Å². The number of nitrogens with one attached hydrogen (secondary N) is 1. The molecule has 1 saturated heterocycles. The summed E-state index contributed by atoms with van der Waals surface area (Å²) in [6, 6.07) is 3.49. The molecular weight excluding hydrogens is 263 g/mol. The van der Waals surface area contributed by atoms with E-state index in [1.54, 1.807) is 19.1 Å². The van der Waals surface area contributed by atoms with Gasteiger partial charge in [0.25, 0.3) is 0 Å². The van der Waals surface area contributed by atoms with Crippen molar-refractivity contribution in [3.63, 3.8) is 0 Å². The van der Waals surface area contributed by atoms with Crippen molar-refractivity contribution in [1.29, 1.82) is 0 Å². The lowest BCUT2D eigenvalue weighted by molar-refractivity contribution is 0.171. The van der Waals surface area contributed by atoms with Crippen LogP contribution in [-0.4, -0.2) is 31.1 Å². The fourth-order valence-corrected chi connectivity index (χ4v) is 2.86.